The Morgan fingerprint density at radius 3 is 2.29 bits per heavy atom. The van der Waals surface area contributed by atoms with Crippen molar-refractivity contribution in [1.82, 2.24) is 4.90 Å². The molecule has 1 fully saturated rings. The number of carbonyl (C=O) groups is 2. The zero-order valence-electron chi connectivity index (χ0n) is 17.7. The van der Waals surface area contributed by atoms with Gasteiger partial charge in [0.15, 0.2) is 0 Å². The van der Waals surface area contributed by atoms with E-state index in [1.807, 2.05) is 0 Å². The molecule has 1 aliphatic rings. The van der Waals surface area contributed by atoms with E-state index in [0.717, 1.165) is 13.2 Å². The lowest BCUT2D eigenvalue weighted by Gasteiger charge is -2.24. The first-order valence-corrected chi connectivity index (χ1v) is 10.7. The number of carbonyl (C=O) groups excluding carboxylic acids is 2. The summed E-state index contributed by atoms with van der Waals surface area (Å²) >= 11 is 0. The van der Waals surface area contributed by atoms with E-state index in [4.69, 9.17) is 9.47 Å². The van der Waals surface area contributed by atoms with Crippen LogP contribution < -0.4 is 4.18 Å². The Hall–Kier alpha value is -2.50. The normalized spacial score (nSPS) is 17.4. The number of hydrogen-bond acceptors (Lipinski definition) is 7. The number of esters is 1. The minimum atomic E-state index is -5.91. The van der Waals surface area contributed by atoms with Gasteiger partial charge in [-0.15, -0.1) is 0 Å². The van der Waals surface area contributed by atoms with Crippen LogP contribution in [-0.4, -0.2) is 56.7 Å². The summed E-state index contributed by atoms with van der Waals surface area (Å²) in [5.74, 6) is -1.84. The number of halogens is 3. The van der Waals surface area contributed by atoms with Crippen LogP contribution in [0.15, 0.2) is 12.1 Å². The standard InChI is InChI=1S/C19H24F3NO7S/c1-11-14(30-31(26,27)19(20,21)22)7-6-13(15(11)16(24)28-5)12-8-9-23(10-12)17(25)29-18(2,3)4/h6-7,12H,8-10H2,1-5H3. The van der Waals surface area contributed by atoms with Crippen LogP contribution in [0.4, 0.5) is 18.0 Å². The predicted molar refractivity (Wildman–Crippen MR) is 103 cm³/mol. The average molecular weight is 467 g/mol. The van der Waals surface area contributed by atoms with Gasteiger partial charge in [0.1, 0.15) is 11.4 Å². The fraction of sp³-hybridized carbons (Fsp3) is 0.579. The third-order valence-corrected chi connectivity index (χ3v) is 5.57. The van der Waals surface area contributed by atoms with E-state index < -0.39 is 39.0 Å². The molecule has 0 aromatic heterocycles. The SMILES string of the molecule is COC(=O)c1c(C2CCN(C(=O)OC(C)(C)C)C2)ccc(OS(=O)(=O)C(F)(F)F)c1C. The fourth-order valence-corrected chi connectivity index (χ4v) is 3.70. The molecule has 1 aliphatic heterocycles. The lowest BCUT2D eigenvalue weighted by Crippen LogP contribution is -2.35. The van der Waals surface area contributed by atoms with Crippen LogP contribution in [0.25, 0.3) is 0 Å². The maximum atomic E-state index is 12.7. The Morgan fingerprint density at radius 2 is 1.77 bits per heavy atom. The minimum Gasteiger partial charge on any atom is -0.465 e. The molecular formula is C19H24F3NO7S. The van der Waals surface area contributed by atoms with Gasteiger partial charge in [-0.1, -0.05) is 6.07 Å². The summed E-state index contributed by atoms with van der Waals surface area (Å²) in [4.78, 5) is 26.1. The summed E-state index contributed by atoms with van der Waals surface area (Å²) in [5, 5.41) is 0. The fourth-order valence-electron chi connectivity index (χ4n) is 3.19. The topological polar surface area (TPSA) is 99.2 Å². The quantitative estimate of drug-likeness (QED) is 0.378. The molecule has 8 nitrogen and oxygen atoms in total. The van der Waals surface area contributed by atoms with Crippen molar-refractivity contribution < 1.29 is 44.8 Å². The van der Waals surface area contributed by atoms with Crippen molar-refractivity contribution in [2.75, 3.05) is 20.2 Å². The van der Waals surface area contributed by atoms with Gasteiger partial charge in [0.25, 0.3) is 0 Å². The number of benzene rings is 1. The first-order chi connectivity index (χ1) is 14.1. The average Bonchev–Trinajstić information content (AvgIpc) is 3.10. The molecular weight excluding hydrogens is 443 g/mol. The van der Waals surface area contributed by atoms with Gasteiger partial charge in [-0.25, -0.2) is 9.59 Å². The van der Waals surface area contributed by atoms with Gasteiger partial charge in [-0.2, -0.15) is 21.6 Å². The van der Waals surface area contributed by atoms with Gasteiger partial charge in [0.05, 0.1) is 12.7 Å². The first kappa shape index (κ1) is 24.8. The van der Waals surface area contributed by atoms with Gasteiger partial charge in [0.2, 0.25) is 0 Å². The van der Waals surface area contributed by atoms with Crippen LogP contribution in [0.5, 0.6) is 5.75 Å². The Bertz CT molecular complexity index is 968. The first-order valence-electron chi connectivity index (χ1n) is 9.28. The number of likely N-dealkylation sites (tertiary alicyclic amines) is 1. The Labute approximate surface area is 178 Å². The third kappa shape index (κ3) is 5.60. The van der Waals surface area contributed by atoms with E-state index in [1.165, 1.54) is 17.9 Å². The highest BCUT2D eigenvalue weighted by atomic mass is 32.2. The van der Waals surface area contributed by atoms with Crippen LogP contribution in [-0.2, 0) is 19.6 Å². The molecule has 1 unspecified atom stereocenters. The Kier molecular flexibility index (Phi) is 6.84. The van der Waals surface area contributed by atoms with Gasteiger partial charge in [-0.05, 0) is 45.7 Å². The van der Waals surface area contributed by atoms with Crippen molar-refractivity contribution >= 4 is 22.2 Å². The molecule has 1 aromatic rings. The number of hydrogen-bond donors (Lipinski definition) is 0. The smallest absolute Gasteiger partial charge is 0.465 e. The number of rotatable bonds is 4. The second-order valence-corrected chi connectivity index (χ2v) is 9.58. The van der Waals surface area contributed by atoms with E-state index in [0.29, 0.717) is 18.5 Å². The molecule has 12 heteroatoms. The Balaban J connectivity index is 2.38. The van der Waals surface area contributed by atoms with Crippen molar-refractivity contribution in [2.24, 2.45) is 0 Å². The minimum absolute atomic E-state index is 0.103. The molecule has 0 bridgehead atoms. The number of methoxy groups -OCH3 is 1. The maximum Gasteiger partial charge on any atom is 0.534 e. The molecule has 1 saturated heterocycles. The van der Waals surface area contributed by atoms with Crippen molar-refractivity contribution in [3.05, 3.63) is 28.8 Å². The van der Waals surface area contributed by atoms with E-state index >= 15 is 0 Å². The van der Waals surface area contributed by atoms with Crippen LogP contribution in [0, 0.1) is 6.92 Å². The summed E-state index contributed by atoms with van der Waals surface area (Å²) in [7, 11) is -4.82. The second-order valence-electron chi connectivity index (χ2n) is 8.04. The molecule has 1 atom stereocenters. The molecule has 1 heterocycles. The molecule has 2 rings (SSSR count). The van der Waals surface area contributed by atoms with E-state index in [2.05, 4.69) is 4.18 Å². The summed E-state index contributed by atoms with van der Waals surface area (Å²) < 4.78 is 75.1. The summed E-state index contributed by atoms with van der Waals surface area (Å²) in [6.45, 7) is 7.00. The molecule has 0 N–H and O–H groups in total. The van der Waals surface area contributed by atoms with Crippen LogP contribution >= 0.6 is 0 Å². The third-order valence-electron chi connectivity index (χ3n) is 4.60. The van der Waals surface area contributed by atoms with Crippen LogP contribution in [0.1, 0.15) is 54.6 Å². The van der Waals surface area contributed by atoms with Crippen LogP contribution in [0.3, 0.4) is 0 Å². The lowest BCUT2D eigenvalue weighted by molar-refractivity contribution is -0.0500. The number of nitrogens with zero attached hydrogens (tertiary/aromatic N) is 1. The number of alkyl halides is 3. The molecule has 1 aromatic carbocycles. The largest absolute Gasteiger partial charge is 0.534 e. The van der Waals surface area contributed by atoms with Gasteiger partial charge in [-0.3, -0.25) is 0 Å². The molecule has 0 radical (unpaired) electrons. The monoisotopic (exact) mass is 467 g/mol. The zero-order valence-corrected chi connectivity index (χ0v) is 18.5. The zero-order chi connectivity index (χ0) is 23.8. The second kappa shape index (κ2) is 8.56. The van der Waals surface area contributed by atoms with Gasteiger partial charge < -0.3 is 18.6 Å². The molecule has 1 amide bonds. The highest BCUT2D eigenvalue weighted by Crippen LogP contribution is 2.37. The van der Waals surface area contributed by atoms with E-state index in [1.54, 1.807) is 20.8 Å². The molecule has 0 spiro atoms. The predicted octanol–water partition coefficient (Wildman–Crippen LogP) is 3.73. The summed E-state index contributed by atoms with van der Waals surface area (Å²) in [5.41, 5.74) is -6.12. The molecule has 174 valence electrons. The summed E-state index contributed by atoms with van der Waals surface area (Å²) in [6, 6.07) is 2.36. The van der Waals surface area contributed by atoms with Crippen molar-refractivity contribution in [2.45, 2.75) is 51.1 Å². The Morgan fingerprint density at radius 1 is 1.16 bits per heavy atom. The van der Waals surface area contributed by atoms with Gasteiger partial charge >= 0.3 is 27.7 Å². The van der Waals surface area contributed by atoms with Gasteiger partial charge in [0, 0.05) is 24.6 Å². The molecule has 0 saturated carbocycles. The lowest BCUT2D eigenvalue weighted by atomic mass is 9.90. The maximum absolute atomic E-state index is 12.7. The molecule has 31 heavy (non-hydrogen) atoms. The molecule has 0 aliphatic carbocycles. The van der Waals surface area contributed by atoms with E-state index in [9.17, 15) is 31.2 Å². The van der Waals surface area contributed by atoms with Crippen molar-refractivity contribution in [3.8, 4) is 5.75 Å². The number of amides is 1. The highest BCUT2D eigenvalue weighted by molar-refractivity contribution is 7.88. The summed E-state index contributed by atoms with van der Waals surface area (Å²) in [6.07, 6.45) is -0.0634. The van der Waals surface area contributed by atoms with Crippen molar-refractivity contribution in [3.63, 3.8) is 0 Å². The van der Waals surface area contributed by atoms with Crippen molar-refractivity contribution in [1.29, 1.82) is 0 Å². The van der Waals surface area contributed by atoms with Crippen LogP contribution in [0.2, 0.25) is 0 Å². The highest BCUT2D eigenvalue weighted by Gasteiger charge is 2.49. The number of ether oxygens (including phenoxy) is 2. The van der Waals surface area contributed by atoms with E-state index in [-0.39, 0.29) is 23.6 Å².